The van der Waals surface area contributed by atoms with Crippen molar-refractivity contribution in [3.63, 3.8) is 0 Å². The van der Waals surface area contributed by atoms with Crippen LogP contribution in [0.3, 0.4) is 0 Å². The van der Waals surface area contributed by atoms with Gasteiger partial charge in [-0.2, -0.15) is 0 Å². The van der Waals surface area contributed by atoms with Gasteiger partial charge in [-0.05, 0) is 52.7 Å². The summed E-state index contributed by atoms with van der Waals surface area (Å²) >= 11 is 3.35. The number of nitrogens with one attached hydrogen (secondary N) is 1. The Labute approximate surface area is 102 Å². The van der Waals surface area contributed by atoms with Gasteiger partial charge in [0.1, 0.15) is 11.6 Å². The van der Waals surface area contributed by atoms with E-state index >= 15 is 0 Å². The van der Waals surface area contributed by atoms with Gasteiger partial charge in [0.2, 0.25) is 0 Å². The molecule has 0 bridgehead atoms. The van der Waals surface area contributed by atoms with Crippen molar-refractivity contribution >= 4 is 27.4 Å². The number of aryl methyl sites for hydroxylation is 1. The lowest BCUT2D eigenvalue weighted by molar-refractivity contribution is 0.630. The van der Waals surface area contributed by atoms with E-state index in [-0.39, 0.29) is 5.82 Å². The van der Waals surface area contributed by atoms with E-state index in [1.807, 2.05) is 19.1 Å². The number of benzene rings is 1. The van der Waals surface area contributed by atoms with E-state index < -0.39 is 0 Å². The van der Waals surface area contributed by atoms with Crippen LogP contribution in [0.1, 0.15) is 5.56 Å². The topological polar surface area (TPSA) is 24.9 Å². The van der Waals surface area contributed by atoms with Crippen LogP contribution in [0.5, 0.6) is 0 Å². The van der Waals surface area contributed by atoms with Gasteiger partial charge in [-0.25, -0.2) is 9.37 Å². The van der Waals surface area contributed by atoms with Crippen LogP contribution in [0, 0.1) is 12.7 Å². The highest BCUT2D eigenvalue weighted by atomic mass is 79.9. The van der Waals surface area contributed by atoms with Crippen LogP contribution in [0.4, 0.5) is 15.9 Å². The third-order valence-corrected chi connectivity index (χ3v) is 2.78. The minimum absolute atomic E-state index is 0.280. The maximum absolute atomic E-state index is 13.6. The van der Waals surface area contributed by atoms with Gasteiger partial charge in [0.15, 0.2) is 0 Å². The first kappa shape index (κ1) is 11.1. The SMILES string of the molecule is Cc1ccc(Nc2ncccc2Br)c(F)c1. The van der Waals surface area contributed by atoms with Crippen LogP contribution in [-0.4, -0.2) is 4.98 Å². The Morgan fingerprint density at radius 3 is 2.81 bits per heavy atom. The minimum Gasteiger partial charge on any atom is -0.337 e. The second-order valence-electron chi connectivity index (χ2n) is 3.44. The van der Waals surface area contributed by atoms with E-state index in [1.54, 1.807) is 18.3 Å². The lowest BCUT2D eigenvalue weighted by Crippen LogP contribution is -1.97. The van der Waals surface area contributed by atoms with Crippen molar-refractivity contribution in [2.45, 2.75) is 6.92 Å². The number of nitrogens with zero attached hydrogens (tertiary/aromatic N) is 1. The Morgan fingerprint density at radius 1 is 1.31 bits per heavy atom. The summed E-state index contributed by atoms with van der Waals surface area (Å²) in [6, 6.07) is 8.69. The molecule has 0 atom stereocenters. The summed E-state index contributed by atoms with van der Waals surface area (Å²) < 4.78 is 14.4. The smallest absolute Gasteiger partial charge is 0.146 e. The van der Waals surface area contributed by atoms with E-state index in [2.05, 4.69) is 26.2 Å². The molecule has 16 heavy (non-hydrogen) atoms. The second-order valence-corrected chi connectivity index (χ2v) is 4.30. The van der Waals surface area contributed by atoms with Crippen molar-refractivity contribution in [1.29, 1.82) is 0 Å². The average molecular weight is 281 g/mol. The number of hydrogen-bond donors (Lipinski definition) is 1. The average Bonchev–Trinajstić information content (AvgIpc) is 2.25. The van der Waals surface area contributed by atoms with Gasteiger partial charge >= 0.3 is 0 Å². The molecule has 2 aromatic rings. The molecule has 0 aliphatic heterocycles. The first-order valence-electron chi connectivity index (χ1n) is 4.80. The summed E-state index contributed by atoms with van der Waals surface area (Å²) in [7, 11) is 0. The fourth-order valence-electron chi connectivity index (χ4n) is 1.33. The number of hydrogen-bond acceptors (Lipinski definition) is 2. The molecule has 82 valence electrons. The highest BCUT2D eigenvalue weighted by molar-refractivity contribution is 9.10. The van der Waals surface area contributed by atoms with Crippen LogP contribution in [-0.2, 0) is 0 Å². The van der Waals surface area contributed by atoms with E-state index in [9.17, 15) is 4.39 Å². The predicted octanol–water partition coefficient (Wildman–Crippen LogP) is 4.04. The lowest BCUT2D eigenvalue weighted by Gasteiger charge is -2.08. The molecule has 2 nitrogen and oxygen atoms in total. The Morgan fingerprint density at radius 2 is 2.12 bits per heavy atom. The molecule has 1 heterocycles. The molecule has 2 rings (SSSR count). The maximum Gasteiger partial charge on any atom is 0.146 e. The molecule has 1 aromatic heterocycles. The zero-order chi connectivity index (χ0) is 11.5. The Bertz CT molecular complexity index is 514. The molecule has 0 radical (unpaired) electrons. The first-order valence-corrected chi connectivity index (χ1v) is 5.60. The standard InChI is InChI=1S/C12H10BrFN2/c1-8-4-5-11(10(14)7-8)16-12-9(13)3-2-6-15-12/h2-7H,1H3,(H,15,16). The van der Waals surface area contributed by atoms with E-state index in [4.69, 9.17) is 0 Å². The Hall–Kier alpha value is -1.42. The van der Waals surface area contributed by atoms with Crippen LogP contribution < -0.4 is 5.32 Å². The van der Waals surface area contributed by atoms with Gasteiger partial charge in [-0.1, -0.05) is 6.07 Å². The molecular weight excluding hydrogens is 271 g/mol. The number of halogens is 2. The molecule has 0 saturated carbocycles. The Kier molecular flexibility index (Phi) is 3.19. The number of rotatable bonds is 2. The number of anilines is 2. The molecule has 1 N–H and O–H groups in total. The van der Waals surface area contributed by atoms with Gasteiger partial charge in [0, 0.05) is 6.20 Å². The lowest BCUT2D eigenvalue weighted by atomic mass is 10.2. The van der Waals surface area contributed by atoms with Gasteiger partial charge in [-0.3, -0.25) is 0 Å². The Balaban J connectivity index is 2.31. The third-order valence-electron chi connectivity index (χ3n) is 2.14. The van der Waals surface area contributed by atoms with Crippen molar-refractivity contribution in [2.75, 3.05) is 5.32 Å². The zero-order valence-electron chi connectivity index (χ0n) is 8.67. The van der Waals surface area contributed by atoms with Crippen molar-refractivity contribution in [3.05, 3.63) is 52.4 Å². The molecule has 0 spiro atoms. The van der Waals surface area contributed by atoms with Crippen LogP contribution >= 0.6 is 15.9 Å². The molecule has 0 saturated heterocycles. The molecular formula is C12H10BrFN2. The molecule has 0 aliphatic rings. The molecule has 0 unspecified atom stereocenters. The predicted molar refractivity (Wildman–Crippen MR) is 66.4 cm³/mol. The van der Waals surface area contributed by atoms with E-state index in [1.165, 1.54) is 6.07 Å². The summed E-state index contributed by atoms with van der Waals surface area (Å²) in [6.45, 7) is 1.85. The van der Waals surface area contributed by atoms with Gasteiger partial charge in [0.25, 0.3) is 0 Å². The maximum atomic E-state index is 13.6. The molecule has 1 aromatic carbocycles. The summed E-state index contributed by atoms with van der Waals surface area (Å²) in [5.74, 6) is 0.322. The number of aromatic nitrogens is 1. The summed E-state index contributed by atoms with van der Waals surface area (Å²) in [4.78, 5) is 4.11. The van der Waals surface area contributed by atoms with Crippen molar-refractivity contribution in [3.8, 4) is 0 Å². The minimum atomic E-state index is -0.280. The summed E-state index contributed by atoms with van der Waals surface area (Å²) in [5.41, 5.74) is 1.31. The fourth-order valence-corrected chi connectivity index (χ4v) is 1.68. The van der Waals surface area contributed by atoms with Gasteiger partial charge in [0.05, 0.1) is 10.2 Å². The molecule has 0 amide bonds. The van der Waals surface area contributed by atoms with Gasteiger partial charge in [-0.15, -0.1) is 0 Å². The fraction of sp³-hybridized carbons (Fsp3) is 0.0833. The van der Waals surface area contributed by atoms with E-state index in [0.29, 0.717) is 11.5 Å². The van der Waals surface area contributed by atoms with Crippen molar-refractivity contribution in [1.82, 2.24) is 4.98 Å². The summed E-state index contributed by atoms with van der Waals surface area (Å²) in [6.07, 6.45) is 1.65. The zero-order valence-corrected chi connectivity index (χ0v) is 10.3. The summed E-state index contributed by atoms with van der Waals surface area (Å²) in [5, 5.41) is 2.93. The third kappa shape index (κ3) is 2.39. The normalized spacial score (nSPS) is 10.2. The van der Waals surface area contributed by atoms with Crippen LogP contribution in [0.2, 0.25) is 0 Å². The molecule has 0 fully saturated rings. The largest absolute Gasteiger partial charge is 0.337 e. The molecule has 0 aliphatic carbocycles. The van der Waals surface area contributed by atoms with Crippen molar-refractivity contribution in [2.24, 2.45) is 0 Å². The molecule has 4 heteroatoms. The van der Waals surface area contributed by atoms with Crippen LogP contribution in [0.25, 0.3) is 0 Å². The van der Waals surface area contributed by atoms with Crippen molar-refractivity contribution < 1.29 is 4.39 Å². The van der Waals surface area contributed by atoms with E-state index in [0.717, 1.165) is 10.0 Å². The second kappa shape index (κ2) is 4.61. The number of pyridine rings is 1. The highest BCUT2D eigenvalue weighted by Gasteiger charge is 2.05. The van der Waals surface area contributed by atoms with Crippen LogP contribution in [0.15, 0.2) is 41.0 Å². The van der Waals surface area contributed by atoms with Gasteiger partial charge < -0.3 is 5.32 Å². The quantitative estimate of drug-likeness (QED) is 0.898. The highest BCUT2D eigenvalue weighted by Crippen LogP contribution is 2.24. The monoisotopic (exact) mass is 280 g/mol. The first-order chi connectivity index (χ1) is 7.66.